The average molecular weight is 362 g/mol. The molecule has 2 unspecified atom stereocenters. The molecule has 0 saturated carbocycles. The molecular weight excluding hydrogens is 340 g/mol. The standard InChI is InChI=1S/C19H22O5S/c1-15(13-23-19(20)17-9-5-3-6-10-17)16(2)14-24-25(21,22)18-11-7-4-8-12-18/h3-12,15-16H,13-14H2,1-2H3. The molecule has 2 atom stereocenters. The summed E-state index contributed by atoms with van der Waals surface area (Å²) in [5.74, 6) is -0.529. The van der Waals surface area contributed by atoms with Gasteiger partial charge < -0.3 is 4.74 Å². The highest BCUT2D eigenvalue weighted by atomic mass is 32.2. The molecule has 134 valence electrons. The summed E-state index contributed by atoms with van der Waals surface area (Å²) in [5, 5.41) is 0. The predicted molar refractivity (Wildman–Crippen MR) is 94.6 cm³/mol. The Balaban J connectivity index is 1.82. The van der Waals surface area contributed by atoms with Crippen LogP contribution in [0.5, 0.6) is 0 Å². The molecule has 2 aromatic carbocycles. The third-order valence-electron chi connectivity index (χ3n) is 3.98. The van der Waals surface area contributed by atoms with Crippen molar-refractivity contribution in [3.63, 3.8) is 0 Å². The van der Waals surface area contributed by atoms with Gasteiger partial charge in [0, 0.05) is 0 Å². The second-order valence-electron chi connectivity index (χ2n) is 5.97. The first-order valence-corrected chi connectivity index (χ1v) is 9.47. The van der Waals surface area contributed by atoms with Crippen molar-refractivity contribution >= 4 is 16.1 Å². The molecule has 0 fully saturated rings. The van der Waals surface area contributed by atoms with Crippen molar-refractivity contribution < 1.29 is 22.1 Å². The van der Waals surface area contributed by atoms with E-state index in [0.717, 1.165) is 0 Å². The Morgan fingerprint density at radius 1 is 0.880 bits per heavy atom. The van der Waals surface area contributed by atoms with Crippen LogP contribution in [0.2, 0.25) is 0 Å². The van der Waals surface area contributed by atoms with Gasteiger partial charge in [-0.3, -0.25) is 4.18 Å². The van der Waals surface area contributed by atoms with E-state index in [-0.39, 0.29) is 29.9 Å². The molecule has 0 heterocycles. The van der Waals surface area contributed by atoms with Gasteiger partial charge in [0.2, 0.25) is 0 Å². The zero-order chi connectivity index (χ0) is 18.3. The Morgan fingerprint density at radius 3 is 2.00 bits per heavy atom. The van der Waals surface area contributed by atoms with Gasteiger partial charge in [-0.2, -0.15) is 8.42 Å². The SMILES string of the molecule is CC(COC(=O)c1ccccc1)C(C)COS(=O)(=O)c1ccccc1. The van der Waals surface area contributed by atoms with E-state index in [1.807, 2.05) is 19.9 Å². The molecule has 0 aliphatic rings. The lowest BCUT2D eigenvalue weighted by Crippen LogP contribution is -2.23. The molecule has 0 aliphatic heterocycles. The number of esters is 1. The van der Waals surface area contributed by atoms with Crippen molar-refractivity contribution in [3.05, 3.63) is 66.2 Å². The Hall–Kier alpha value is -2.18. The Labute approximate surface area is 148 Å². The average Bonchev–Trinajstić information content (AvgIpc) is 2.65. The molecule has 0 aliphatic carbocycles. The summed E-state index contributed by atoms with van der Waals surface area (Å²) < 4.78 is 34.6. The Morgan fingerprint density at radius 2 is 1.40 bits per heavy atom. The summed E-state index contributed by atoms with van der Waals surface area (Å²) in [5.41, 5.74) is 0.491. The van der Waals surface area contributed by atoms with Crippen LogP contribution in [0.1, 0.15) is 24.2 Å². The third-order valence-corrected chi connectivity index (χ3v) is 5.27. The highest BCUT2D eigenvalue weighted by Crippen LogP contribution is 2.17. The predicted octanol–water partition coefficient (Wildman–Crippen LogP) is 3.52. The zero-order valence-electron chi connectivity index (χ0n) is 14.3. The van der Waals surface area contributed by atoms with Crippen LogP contribution < -0.4 is 0 Å². The molecule has 2 rings (SSSR count). The van der Waals surface area contributed by atoms with E-state index >= 15 is 0 Å². The summed E-state index contributed by atoms with van der Waals surface area (Å²) in [6, 6.07) is 16.7. The monoisotopic (exact) mass is 362 g/mol. The lowest BCUT2D eigenvalue weighted by Gasteiger charge is -2.19. The molecule has 0 spiro atoms. The summed E-state index contributed by atoms with van der Waals surface area (Å²) >= 11 is 0. The number of ether oxygens (including phenoxy) is 1. The van der Waals surface area contributed by atoms with Gasteiger partial charge >= 0.3 is 5.97 Å². The minimum absolute atomic E-state index is 0.0290. The summed E-state index contributed by atoms with van der Waals surface area (Å²) in [6.45, 7) is 3.98. The second-order valence-corrected chi connectivity index (χ2v) is 7.59. The normalized spacial score (nSPS) is 13.8. The maximum absolute atomic E-state index is 12.1. The number of carbonyl (C=O) groups is 1. The van der Waals surface area contributed by atoms with Crippen molar-refractivity contribution in [1.82, 2.24) is 0 Å². The number of benzene rings is 2. The molecule has 0 amide bonds. The molecule has 0 radical (unpaired) electrons. The van der Waals surface area contributed by atoms with Crippen LogP contribution in [-0.4, -0.2) is 27.6 Å². The highest BCUT2D eigenvalue weighted by Gasteiger charge is 2.20. The Bertz CT molecular complexity index is 772. The maximum atomic E-state index is 12.1. The van der Waals surface area contributed by atoms with Gasteiger partial charge in [0.25, 0.3) is 10.1 Å². The first-order chi connectivity index (χ1) is 11.9. The molecule has 6 heteroatoms. The van der Waals surface area contributed by atoms with Crippen LogP contribution in [0.15, 0.2) is 65.6 Å². The van der Waals surface area contributed by atoms with E-state index in [2.05, 4.69) is 0 Å². The summed E-state index contributed by atoms with van der Waals surface area (Å²) in [4.78, 5) is 12.1. The molecule has 0 aromatic heterocycles. The number of rotatable bonds is 8. The molecule has 25 heavy (non-hydrogen) atoms. The van der Waals surface area contributed by atoms with E-state index in [1.165, 1.54) is 12.1 Å². The van der Waals surface area contributed by atoms with Gasteiger partial charge in [-0.1, -0.05) is 50.2 Å². The minimum atomic E-state index is -3.77. The van der Waals surface area contributed by atoms with Crippen molar-refractivity contribution in [3.8, 4) is 0 Å². The summed E-state index contributed by atoms with van der Waals surface area (Å²) in [6.07, 6.45) is 0. The molecule has 5 nitrogen and oxygen atoms in total. The number of carbonyl (C=O) groups excluding carboxylic acids is 1. The lowest BCUT2D eigenvalue weighted by molar-refractivity contribution is 0.0390. The topological polar surface area (TPSA) is 69.7 Å². The van der Waals surface area contributed by atoms with E-state index < -0.39 is 16.1 Å². The lowest BCUT2D eigenvalue weighted by atomic mass is 9.98. The van der Waals surface area contributed by atoms with E-state index in [9.17, 15) is 13.2 Å². The number of hydrogen-bond donors (Lipinski definition) is 0. The molecule has 2 aromatic rings. The highest BCUT2D eigenvalue weighted by molar-refractivity contribution is 7.86. The summed E-state index contributed by atoms with van der Waals surface area (Å²) in [7, 11) is -3.77. The smallest absolute Gasteiger partial charge is 0.338 e. The fourth-order valence-electron chi connectivity index (χ4n) is 2.05. The maximum Gasteiger partial charge on any atom is 0.338 e. The van der Waals surface area contributed by atoms with Crippen molar-refractivity contribution in [2.45, 2.75) is 18.7 Å². The fraction of sp³-hybridized carbons (Fsp3) is 0.316. The van der Waals surface area contributed by atoms with Crippen LogP contribution in [0, 0.1) is 11.8 Å². The molecule has 0 bridgehead atoms. The largest absolute Gasteiger partial charge is 0.462 e. The van der Waals surface area contributed by atoms with Crippen LogP contribution in [0.4, 0.5) is 0 Å². The first-order valence-electron chi connectivity index (χ1n) is 8.07. The van der Waals surface area contributed by atoms with Crippen LogP contribution in [0.25, 0.3) is 0 Å². The molecule has 0 N–H and O–H groups in total. The first kappa shape index (κ1) is 19.1. The van der Waals surface area contributed by atoms with Crippen LogP contribution >= 0.6 is 0 Å². The van der Waals surface area contributed by atoms with Gasteiger partial charge in [0.1, 0.15) is 0 Å². The van der Waals surface area contributed by atoms with Crippen molar-refractivity contribution in [2.75, 3.05) is 13.2 Å². The Kier molecular flexibility index (Phi) is 6.73. The minimum Gasteiger partial charge on any atom is -0.462 e. The molecule has 0 saturated heterocycles. The number of hydrogen-bond acceptors (Lipinski definition) is 5. The van der Waals surface area contributed by atoms with Gasteiger partial charge in [-0.25, -0.2) is 4.79 Å². The second kappa shape index (κ2) is 8.78. The van der Waals surface area contributed by atoms with Crippen LogP contribution in [-0.2, 0) is 19.0 Å². The quantitative estimate of drug-likeness (QED) is 0.531. The van der Waals surface area contributed by atoms with Gasteiger partial charge in [0.15, 0.2) is 0 Å². The van der Waals surface area contributed by atoms with Crippen molar-refractivity contribution in [1.29, 1.82) is 0 Å². The van der Waals surface area contributed by atoms with Crippen LogP contribution in [0.3, 0.4) is 0 Å². The molecular formula is C19H22O5S. The van der Waals surface area contributed by atoms with Gasteiger partial charge in [-0.15, -0.1) is 0 Å². The van der Waals surface area contributed by atoms with E-state index in [4.69, 9.17) is 8.92 Å². The van der Waals surface area contributed by atoms with E-state index in [1.54, 1.807) is 42.5 Å². The van der Waals surface area contributed by atoms with Gasteiger partial charge in [0.05, 0.1) is 23.7 Å². The van der Waals surface area contributed by atoms with E-state index in [0.29, 0.717) is 5.56 Å². The third kappa shape index (κ3) is 5.69. The van der Waals surface area contributed by atoms with Gasteiger partial charge in [-0.05, 0) is 36.1 Å². The van der Waals surface area contributed by atoms with Crippen molar-refractivity contribution in [2.24, 2.45) is 11.8 Å². The zero-order valence-corrected chi connectivity index (χ0v) is 15.1. The fourth-order valence-corrected chi connectivity index (χ4v) is 3.07.